The van der Waals surface area contributed by atoms with Crippen molar-refractivity contribution >= 4 is 15.9 Å². The van der Waals surface area contributed by atoms with Crippen molar-refractivity contribution in [3.8, 4) is 0 Å². The second kappa shape index (κ2) is 7.87. The van der Waals surface area contributed by atoms with Crippen LogP contribution in [-0.4, -0.2) is 35.1 Å². The van der Waals surface area contributed by atoms with Crippen LogP contribution in [0.3, 0.4) is 0 Å². The largest absolute Gasteiger partial charge is 0.310 e. The number of rotatable bonds is 7. The molecule has 1 rings (SSSR count). The van der Waals surface area contributed by atoms with Crippen LogP contribution in [0.25, 0.3) is 0 Å². The Balaban J connectivity index is 2.27. The molecule has 102 valence electrons. The van der Waals surface area contributed by atoms with E-state index in [1.807, 2.05) is 18.3 Å². The molecule has 0 atom stereocenters. The van der Waals surface area contributed by atoms with Crippen molar-refractivity contribution in [1.82, 2.24) is 15.2 Å². The molecule has 0 spiro atoms. The van der Waals surface area contributed by atoms with E-state index in [0.717, 1.165) is 29.8 Å². The lowest BCUT2D eigenvalue weighted by Crippen LogP contribution is -2.41. The maximum Gasteiger partial charge on any atom is 0.0542 e. The summed E-state index contributed by atoms with van der Waals surface area (Å²) in [6.45, 7) is 11.9. The molecule has 0 bridgehead atoms. The molecule has 0 radical (unpaired) electrons. The molecule has 0 aliphatic heterocycles. The molecule has 0 amide bonds. The van der Waals surface area contributed by atoms with Gasteiger partial charge in [0.15, 0.2) is 0 Å². The molecule has 0 fully saturated rings. The highest BCUT2D eigenvalue weighted by Crippen LogP contribution is 2.07. The maximum atomic E-state index is 4.34. The quantitative estimate of drug-likeness (QED) is 0.784. The van der Waals surface area contributed by atoms with E-state index in [1.165, 1.54) is 0 Å². The fraction of sp³-hybridized carbons (Fsp3) is 0.643. The molecule has 0 saturated carbocycles. The topological polar surface area (TPSA) is 28.2 Å². The molecule has 1 heterocycles. The molecule has 0 aliphatic carbocycles. The highest BCUT2D eigenvalue weighted by atomic mass is 79.9. The van der Waals surface area contributed by atoms with Gasteiger partial charge >= 0.3 is 0 Å². The third-order valence-electron chi connectivity index (χ3n) is 2.97. The summed E-state index contributed by atoms with van der Waals surface area (Å²) in [5, 5.41) is 3.44. The van der Waals surface area contributed by atoms with Crippen LogP contribution >= 0.6 is 15.9 Å². The third kappa shape index (κ3) is 5.46. The molecule has 0 aliphatic rings. The number of halogens is 1. The minimum atomic E-state index is 0.595. The van der Waals surface area contributed by atoms with Crippen molar-refractivity contribution < 1.29 is 0 Å². The van der Waals surface area contributed by atoms with E-state index in [1.54, 1.807) is 0 Å². The monoisotopic (exact) mass is 313 g/mol. The lowest BCUT2D eigenvalue weighted by molar-refractivity contribution is 0.175. The Morgan fingerprint density at radius 3 is 2.39 bits per heavy atom. The Kier molecular flexibility index (Phi) is 6.82. The Labute approximate surface area is 119 Å². The summed E-state index contributed by atoms with van der Waals surface area (Å²) in [7, 11) is 0. The van der Waals surface area contributed by atoms with E-state index < -0.39 is 0 Å². The first kappa shape index (κ1) is 15.6. The highest BCUT2D eigenvalue weighted by Gasteiger charge is 2.11. The molecular weight excluding hydrogens is 290 g/mol. The van der Waals surface area contributed by atoms with E-state index in [9.17, 15) is 0 Å². The lowest BCUT2D eigenvalue weighted by Gasteiger charge is -2.30. The van der Waals surface area contributed by atoms with Crippen LogP contribution in [0.15, 0.2) is 22.8 Å². The van der Waals surface area contributed by atoms with Crippen LogP contribution in [-0.2, 0) is 6.54 Å². The van der Waals surface area contributed by atoms with Gasteiger partial charge in [0.05, 0.1) is 5.69 Å². The van der Waals surface area contributed by atoms with Gasteiger partial charge in [-0.3, -0.25) is 9.88 Å². The lowest BCUT2D eigenvalue weighted by atomic mass is 10.2. The van der Waals surface area contributed by atoms with Crippen LogP contribution in [0.5, 0.6) is 0 Å². The van der Waals surface area contributed by atoms with Crippen LogP contribution in [0.2, 0.25) is 0 Å². The number of pyridine rings is 1. The molecule has 0 aromatic carbocycles. The van der Waals surface area contributed by atoms with Crippen LogP contribution in [0.1, 0.15) is 33.4 Å². The van der Waals surface area contributed by atoms with E-state index in [4.69, 9.17) is 0 Å². The predicted octanol–water partition coefficient (Wildman–Crippen LogP) is 3.05. The summed E-state index contributed by atoms with van der Waals surface area (Å²) in [4.78, 5) is 6.83. The zero-order chi connectivity index (χ0) is 13.5. The van der Waals surface area contributed by atoms with Gasteiger partial charge in [0.2, 0.25) is 0 Å². The Morgan fingerprint density at radius 2 is 1.89 bits per heavy atom. The van der Waals surface area contributed by atoms with E-state index >= 15 is 0 Å². The number of nitrogens with zero attached hydrogens (tertiary/aromatic N) is 2. The molecule has 4 heteroatoms. The smallest absolute Gasteiger partial charge is 0.0542 e. The standard InChI is InChI=1S/C14H24BrN3/c1-11(2)18(12(3)4)8-7-16-10-14-6-5-13(15)9-17-14/h5-6,9,11-12,16H,7-8,10H2,1-4H3. The zero-order valence-electron chi connectivity index (χ0n) is 11.8. The first-order valence-electron chi connectivity index (χ1n) is 6.57. The fourth-order valence-corrected chi connectivity index (χ4v) is 2.28. The van der Waals surface area contributed by atoms with Gasteiger partial charge in [-0.15, -0.1) is 0 Å². The van der Waals surface area contributed by atoms with E-state index in [2.05, 4.69) is 58.8 Å². The SMILES string of the molecule is CC(C)N(CCNCc1ccc(Br)cn1)C(C)C. The highest BCUT2D eigenvalue weighted by molar-refractivity contribution is 9.10. The first-order valence-corrected chi connectivity index (χ1v) is 7.37. The first-order chi connectivity index (χ1) is 8.50. The fourth-order valence-electron chi connectivity index (χ4n) is 2.05. The summed E-state index contributed by atoms with van der Waals surface area (Å²) in [6, 6.07) is 5.26. The minimum Gasteiger partial charge on any atom is -0.310 e. The average molecular weight is 314 g/mol. The van der Waals surface area contributed by atoms with Crippen LogP contribution in [0, 0.1) is 0 Å². The minimum absolute atomic E-state index is 0.595. The van der Waals surface area contributed by atoms with E-state index in [0.29, 0.717) is 12.1 Å². The normalized spacial score (nSPS) is 11.8. The van der Waals surface area contributed by atoms with Crippen molar-refractivity contribution in [3.05, 3.63) is 28.5 Å². The zero-order valence-corrected chi connectivity index (χ0v) is 13.4. The summed E-state index contributed by atoms with van der Waals surface area (Å²) in [6.07, 6.45) is 1.84. The van der Waals surface area contributed by atoms with Crippen LogP contribution < -0.4 is 5.32 Å². The van der Waals surface area contributed by atoms with Gasteiger partial charge in [-0.2, -0.15) is 0 Å². The number of nitrogens with one attached hydrogen (secondary N) is 1. The maximum absolute atomic E-state index is 4.34. The van der Waals surface area contributed by atoms with Gasteiger partial charge in [-0.1, -0.05) is 0 Å². The number of hydrogen-bond donors (Lipinski definition) is 1. The predicted molar refractivity (Wildman–Crippen MR) is 80.6 cm³/mol. The van der Waals surface area contributed by atoms with Crippen molar-refractivity contribution in [2.75, 3.05) is 13.1 Å². The molecule has 18 heavy (non-hydrogen) atoms. The van der Waals surface area contributed by atoms with Gasteiger partial charge < -0.3 is 5.32 Å². The molecule has 0 saturated heterocycles. The molecule has 1 aromatic heterocycles. The summed E-state index contributed by atoms with van der Waals surface area (Å²) in [5.41, 5.74) is 1.08. The van der Waals surface area contributed by atoms with Crippen molar-refractivity contribution in [2.24, 2.45) is 0 Å². The van der Waals surface area contributed by atoms with Gasteiger partial charge in [0.1, 0.15) is 0 Å². The van der Waals surface area contributed by atoms with Gasteiger partial charge in [-0.25, -0.2) is 0 Å². The number of hydrogen-bond acceptors (Lipinski definition) is 3. The second-order valence-corrected chi connectivity index (χ2v) is 5.99. The molecule has 1 N–H and O–H groups in total. The Morgan fingerprint density at radius 1 is 1.22 bits per heavy atom. The molecule has 0 unspecified atom stereocenters. The number of aromatic nitrogens is 1. The summed E-state index contributed by atoms with van der Waals surface area (Å²) < 4.78 is 1.03. The Hall–Kier alpha value is -0.450. The van der Waals surface area contributed by atoms with Crippen molar-refractivity contribution in [1.29, 1.82) is 0 Å². The Bertz CT molecular complexity index is 327. The van der Waals surface area contributed by atoms with Gasteiger partial charge in [0, 0.05) is 42.4 Å². The summed E-state index contributed by atoms with van der Waals surface area (Å²) >= 11 is 3.39. The molecular formula is C14H24BrN3. The molecule has 1 aromatic rings. The third-order valence-corrected chi connectivity index (χ3v) is 3.44. The van der Waals surface area contributed by atoms with E-state index in [-0.39, 0.29) is 0 Å². The van der Waals surface area contributed by atoms with Crippen molar-refractivity contribution in [3.63, 3.8) is 0 Å². The average Bonchev–Trinajstić information content (AvgIpc) is 2.30. The van der Waals surface area contributed by atoms with Gasteiger partial charge in [-0.05, 0) is 55.8 Å². The second-order valence-electron chi connectivity index (χ2n) is 5.07. The van der Waals surface area contributed by atoms with Gasteiger partial charge in [0.25, 0.3) is 0 Å². The summed E-state index contributed by atoms with van der Waals surface area (Å²) in [5.74, 6) is 0. The molecule has 3 nitrogen and oxygen atoms in total. The van der Waals surface area contributed by atoms with Crippen molar-refractivity contribution in [2.45, 2.75) is 46.3 Å². The van der Waals surface area contributed by atoms with Crippen LogP contribution in [0.4, 0.5) is 0 Å².